The van der Waals surface area contributed by atoms with Crippen LogP contribution in [-0.2, 0) is 7.05 Å². The number of hydrogen-bond donors (Lipinski definition) is 1. The molecule has 1 saturated carbocycles. The van der Waals surface area contributed by atoms with Crippen molar-refractivity contribution < 1.29 is 4.74 Å². The summed E-state index contributed by atoms with van der Waals surface area (Å²) in [5.74, 6) is 0.627. The molecular weight excluding hydrogens is 288 g/mol. The summed E-state index contributed by atoms with van der Waals surface area (Å²) in [6.45, 7) is 2.19. The Balaban J connectivity index is 1.66. The fourth-order valence-corrected chi connectivity index (χ4v) is 3.69. The van der Waals surface area contributed by atoms with Gasteiger partial charge in [-0.1, -0.05) is 23.7 Å². The third kappa shape index (κ3) is 1.97. The Morgan fingerprint density at radius 3 is 2.81 bits per heavy atom. The highest BCUT2D eigenvalue weighted by molar-refractivity contribution is 6.35. The van der Waals surface area contributed by atoms with Gasteiger partial charge in [-0.15, -0.1) is 0 Å². The molecule has 4 nitrogen and oxygen atoms in total. The molecule has 2 aromatic rings. The zero-order valence-electron chi connectivity index (χ0n) is 11.9. The van der Waals surface area contributed by atoms with Crippen LogP contribution in [0.5, 0.6) is 5.88 Å². The summed E-state index contributed by atoms with van der Waals surface area (Å²) in [6, 6.07) is 7.40. The fraction of sp³-hybridized carbons (Fsp3) is 0.438. The van der Waals surface area contributed by atoms with E-state index in [1.54, 1.807) is 17.7 Å². The van der Waals surface area contributed by atoms with E-state index in [1.165, 1.54) is 0 Å². The van der Waals surface area contributed by atoms with Crippen molar-refractivity contribution in [1.29, 1.82) is 0 Å². The summed E-state index contributed by atoms with van der Waals surface area (Å²) in [7, 11) is 1.74. The summed E-state index contributed by atoms with van der Waals surface area (Å²) in [5, 5.41) is 5.19. The van der Waals surface area contributed by atoms with Gasteiger partial charge in [-0.25, -0.2) is 0 Å². The second-order valence-corrected chi connectivity index (χ2v) is 6.71. The molecule has 1 spiro atoms. The number of ether oxygens (including phenoxy) is 1. The summed E-state index contributed by atoms with van der Waals surface area (Å²) in [6.07, 6.45) is 2.36. The molecule has 1 aliphatic heterocycles. The Morgan fingerprint density at radius 2 is 2.14 bits per heavy atom. The van der Waals surface area contributed by atoms with Crippen molar-refractivity contribution in [3.05, 3.63) is 39.6 Å². The summed E-state index contributed by atoms with van der Waals surface area (Å²) in [4.78, 5) is 12.4. The van der Waals surface area contributed by atoms with Crippen LogP contribution in [0.3, 0.4) is 0 Å². The topological polar surface area (TPSA) is 43.3 Å². The number of aromatic nitrogens is 1. The van der Waals surface area contributed by atoms with E-state index in [1.807, 2.05) is 18.2 Å². The third-order valence-corrected chi connectivity index (χ3v) is 5.10. The molecule has 21 heavy (non-hydrogen) atoms. The molecule has 1 saturated heterocycles. The monoisotopic (exact) mass is 304 g/mol. The van der Waals surface area contributed by atoms with Crippen LogP contribution in [-0.4, -0.2) is 23.8 Å². The SMILES string of the molecule is Cn1c(OC2CC3(CNC3)C2)cc2cccc(Cl)c2c1=O. The van der Waals surface area contributed by atoms with Gasteiger partial charge in [0.05, 0.1) is 10.4 Å². The number of benzene rings is 1. The minimum absolute atomic E-state index is 0.104. The van der Waals surface area contributed by atoms with Gasteiger partial charge < -0.3 is 10.1 Å². The normalized spacial score (nSPS) is 20.3. The van der Waals surface area contributed by atoms with E-state index in [9.17, 15) is 4.79 Å². The molecule has 0 bridgehead atoms. The summed E-state index contributed by atoms with van der Waals surface area (Å²) in [5.41, 5.74) is 0.358. The number of rotatable bonds is 2. The van der Waals surface area contributed by atoms with Crippen LogP contribution in [0.1, 0.15) is 12.8 Å². The maximum Gasteiger partial charge on any atom is 0.262 e. The molecule has 0 amide bonds. The van der Waals surface area contributed by atoms with Gasteiger partial charge in [-0.2, -0.15) is 0 Å². The van der Waals surface area contributed by atoms with Crippen molar-refractivity contribution in [2.75, 3.05) is 13.1 Å². The van der Waals surface area contributed by atoms with Crippen LogP contribution in [0.2, 0.25) is 5.02 Å². The van der Waals surface area contributed by atoms with E-state index in [0.29, 0.717) is 21.7 Å². The average Bonchev–Trinajstić information content (AvgIpc) is 2.36. The highest BCUT2D eigenvalue weighted by atomic mass is 35.5. The summed E-state index contributed by atoms with van der Waals surface area (Å²) < 4.78 is 7.59. The van der Waals surface area contributed by atoms with Crippen LogP contribution < -0.4 is 15.6 Å². The predicted octanol–water partition coefficient (Wildman–Crippen LogP) is 2.32. The lowest BCUT2D eigenvalue weighted by Crippen LogP contribution is -2.63. The highest BCUT2D eigenvalue weighted by Gasteiger charge is 2.49. The smallest absolute Gasteiger partial charge is 0.262 e. The standard InChI is InChI=1S/C16H17ClN2O2/c1-19-13(21-11-6-16(7-11)8-18-9-16)5-10-3-2-4-12(17)14(10)15(19)20/h2-5,11,18H,6-9H2,1H3. The molecule has 2 heterocycles. The maximum absolute atomic E-state index is 12.4. The Kier molecular flexibility index (Phi) is 2.81. The van der Waals surface area contributed by atoms with Gasteiger partial charge in [0.1, 0.15) is 6.10 Å². The first-order valence-corrected chi connectivity index (χ1v) is 7.61. The molecule has 0 unspecified atom stereocenters. The van der Waals surface area contributed by atoms with Gasteiger partial charge in [-0.05, 0) is 24.3 Å². The largest absolute Gasteiger partial charge is 0.475 e. The van der Waals surface area contributed by atoms with Gasteiger partial charge in [-0.3, -0.25) is 9.36 Å². The van der Waals surface area contributed by atoms with Crippen molar-refractivity contribution in [3.63, 3.8) is 0 Å². The van der Waals surface area contributed by atoms with Crippen molar-refractivity contribution in [1.82, 2.24) is 9.88 Å². The lowest BCUT2D eigenvalue weighted by molar-refractivity contribution is -0.0527. The van der Waals surface area contributed by atoms with E-state index in [-0.39, 0.29) is 11.7 Å². The molecule has 5 heteroatoms. The van der Waals surface area contributed by atoms with Gasteiger partial charge in [0.25, 0.3) is 5.56 Å². The zero-order valence-corrected chi connectivity index (χ0v) is 12.6. The second-order valence-electron chi connectivity index (χ2n) is 6.30. The van der Waals surface area contributed by atoms with Gasteiger partial charge in [0, 0.05) is 31.6 Å². The lowest BCUT2D eigenvalue weighted by Gasteiger charge is -2.53. The summed E-state index contributed by atoms with van der Waals surface area (Å²) >= 11 is 6.13. The Morgan fingerprint density at radius 1 is 1.38 bits per heavy atom. The third-order valence-electron chi connectivity index (χ3n) is 4.78. The van der Waals surface area contributed by atoms with Crippen molar-refractivity contribution in [2.45, 2.75) is 18.9 Å². The molecular formula is C16H17ClN2O2. The molecule has 110 valence electrons. The first-order chi connectivity index (χ1) is 10.1. The van der Waals surface area contributed by atoms with Crippen LogP contribution >= 0.6 is 11.6 Å². The Bertz CT molecular complexity index is 772. The first kappa shape index (κ1) is 13.2. The van der Waals surface area contributed by atoms with Gasteiger partial charge in [0.15, 0.2) is 5.88 Å². The Hall–Kier alpha value is -1.52. The molecule has 0 radical (unpaired) electrons. The predicted molar refractivity (Wildman–Crippen MR) is 83.2 cm³/mol. The lowest BCUT2D eigenvalue weighted by atomic mass is 9.63. The van der Waals surface area contributed by atoms with Crippen molar-refractivity contribution in [2.24, 2.45) is 12.5 Å². The fourth-order valence-electron chi connectivity index (χ4n) is 3.42. The number of halogens is 1. The van der Waals surface area contributed by atoms with E-state index in [2.05, 4.69) is 5.32 Å². The van der Waals surface area contributed by atoms with Gasteiger partial charge >= 0.3 is 0 Å². The molecule has 1 aliphatic carbocycles. The number of nitrogens with zero attached hydrogens (tertiary/aromatic N) is 1. The number of fused-ring (bicyclic) bond motifs is 1. The van der Waals surface area contributed by atoms with Crippen LogP contribution in [0.15, 0.2) is 29.1 Å². The minimum Gasteiger partial charge on any atom is -0.475 e. The molecule has 1 aromatic heterocycles. The van der Waals surface area contributed by atoms with Crippen molar-refractivity contribution >= 4 is 22.4 Å². The first-order valence-electron chi connectivity index (χ1n) is 7.24. The zero-order chi connectivity index (χ0) is 14.6. The molecule has 4 rings (SSSR count). The van der Waals surface area contributed by atoms with Crippen LogP contribution in [0.4, 0.5) is 0 Å². The number of pyridine rings is 1. The van der Waals surface area contributed by atoms with E-state index in [0.717, 1.165) is 31.3 Å². The van der Waals surface area contributed by atoms with E-state index >= 15 is 0 Å². The minimum atomic E-state index is -0.104. The maximum atomic E-state index is 12.4. The average molecular weight is 305 g/mol. The molecule has 1 N–H and O–H groups in total. The quantitative estimate of drug-likeness (QED) is 0.926. The van der Waals surface area contributed by atoms with Gasteiger partial charge in [0.2, 0.25) is 0 Å². The number of hydrogen-bond acceptors (Lipinski definition) is 3. The van der Waals surface area contributed by atoms with Crippen LogP contribution in [0, 0.1) is 5.41 Å². The number of nitrogens with one attached hydrogen (secondary N) is 1. The second kappa shape index (κ2) is 4.49. The van der Waals surface area contributed by atoms with Crippen molar-refractivity contribution in [3.8, 4) is 5.88 Å². The molecule has 1 aromatic carbocycles. The van der Waals surface area contributed by atoms with Crippen LogP contribution in [0.25, 0.3) is 10.8 Å². The van der Waals surface area contributed by atoms with E-state index < -0.39 is 0 Å². The Labute approximate surface area is 127 Å². The molecule has 2 fully saturated rings. The molecule has 0 atom stereocenters. The molecule has 2 aliphatic rings. The highest BCUT2D eigenvalue weighted by Crippen LogP contribution is 2.45. The van der Waals surface area contributed by atoms with E-state index in [4.69, 9.17) is 16.3 Å².